The number of aromatic nitrogens is 1. The third-order valence-corrected chi connectivity index (χ3v) is 5.09. The number of para-hydroxylation sites is 1. The maximum absolute atomic E-state index is 12.5. The van der Waals surface area contributed by atoms with E-state index in [4.69, 9.17) is 18.9 Å². The molecule has 3 aromatic rings. The highest BCUT2D eigenvalue weighted by atomic mass is 16.5. The summed E-state index contributed by atoms with van der Waals surface area (Å²) in [7, 11) is 1.60. The number of carbonyl (C=O) groups excluding carboxylic acids is 2. The summed E-state index contributed by atoms with van der Waals surface area (Å²) in [5.74, 6) is 0.456. The number of methoxy groups -OCH3 is 1. The van der Waals surface area contributed by atoms with Gasteiger partial charge in [-0.1, -0.05) is 12.1 Å². The Labute approximate surface area is 203 Å². The lowest BCUT2D eigenvalue weighted by Crippen LogP contribution is -2.25. The van der Waals surface area contributed by atoms with Crippen LogP contribution in [0.25, 0.3) is 0 Å². The molecule has 0 saturated heterocycles. The largest absolute Gasteiger partial charge is 0.497 e. The Morgan fingerprint density at radius 2 is 1.69 bits per heavy atom. The van der Waals surface area contributed by atoms with Gasteiger partial charge in [-0.15, -0.1) is 0 Å². The number of esters is 1. The molecule has 0 bridgehead atoms. The first-order chi connectivity index (χ1) is 16.9. The molecule has 0 unspecified atom stereocenters. The Kier molecular flexibility index (Phi) is 8.89. The molecular weight excluding hydrogens is 452 g/mol. The second-order valence-corrected chi connectivity index (χ2v) is 7.41. The summed E-state index contributed by atoms with van der Waals surface area (Å²) >= 11 is 0. The topological polar surface area (TPSA) is 105 Å². The van der Waals surface area contributed by atoms with Crippen molar-refractivity contribution in [3.05, 3.63) is 82.3 Å². The highest BCUT2D eigenvalue weighted by Gasteiger charge is 2.16. The van der Waals surface area contributed by atoms with Gasteiger partial charge in [0.25, 0.3) is 5.91 Å². The lowest BCUT2D eigenvalue weighted by Gasteiger charge is -2.16. The van der Waals surface area contributed by atoms with Crippen LogP contribution >= 0.6 is 0 Å². The molecule has 35 heavy (non-hydrogen) atoms. The molecule has 184 valence electrons. The summed E-state index contributed by atoms with van der Waals surface area (Å²) in [6.45, 7) is 4.08. The molecule has 0 aliphatic heterocycles. The van der Waals surface area contributed by atoms with Crippen LogP contribution in [0.4, 0.5) is 5.69 Å². The van der Waals surface area contributed by atoms with E-state index in [0.717, 1.165) is 5.75 Å². The normalized spacial score (nSPS) is 10.4. The van der Waals surface area contributed by atoms with E-state index in [1.54, 1.807) is 51.4 Å². The molecule has 3 rings (SSSR count). The van der Waals surface area contributed by atoms with E-state index in [9.17, 15) is 14.4 Å². The molecule has 0 spiro atoms. The Bertz CT molecular complexity index is 1220. The number of benzene rings is 2. The van der Waals surface area contributed by atoms with E-state index in [2.05, 4.69) is 5.32 Å². The molecule has 0 aliphatic carbocycles. The van der Waals surface area contributed by atoms with Gasteiger partial charge in [0.05, 0.1) is 37.2 Å². The van der Waals surface area contributed by atoms with E-state index in [0.29, 0.717) is 30.3 Å². The number of hydrogen-bond acceptors (Lipinski definition) is 7. The van der Waals surface area contributed by atoms with Crippen molar-refractivity contribution in [3.8, 4) is 17.2 Å². The van der Waals surface area contributed by atoms with E-state index in [1.165, 1.54) is 6.07 Å². The van der Waals surface area contributed by atoms with Gasteiger partial charge in [0.1, 0.15) is 18.1 Å². The number of pyridine rings is 1. The monoisotopic (exact) mass is 480 g/mol. The highest BCUT2D eigenvalue weighted by molar-refractivity contribution is 6.01. The van der Waals surface area contributed by atoms with Gasteiger partial charge in [-0.25, -0.2) is 4.79 Å². The minimum atomic E-state index is -0.539. The zero-order valence-electron chi connectivity index (χ0n) is 19.9. The first kappa shape index (κ1) is 25.4. The molecule has 1 aromatic heterocycles. The Balaban J connectivity index is 1.60. The van der Waals surface area contributed by atoms with Crippen molar-refractivity contribution >= 4 is 17.6 Å². The van der Waals surface area contributed by atoms with E-state index in [-0.39, 0.29) is 23.3 Å². The van der Waals surface area contributed by atoms with Crippen molar-refractivity contribution < 1.29 is 28.5 Å². The van der Waals surface area contributed by atoms with Gasteiger partial charge in [-0.05, 0) is 50.2 Å². The maximum atomic E-state index is 12.5. The quantitative estimate of drug-likeness (QED) is 0.419. The molecule has 0 atom stereocenters. The molecule has 2 aromatic carbocycles. The summed E-state index contributed by atoms with van der Waals surface area (Å²) in [4.78, 5) is 36.9. The van der Waals surface area contributed by atoms with Crippen molar-refractivity contribution in [1.29, 1.82) is 0 Å². The Morgan fingerprint density at radius 1 is 0.971 bits per heavy atom. The van der Waals surface area contributed by atoms with Crippen molar-refractivity contribution in [2.45, 2.75) is 20.4 Å². The second kappa shape index (κ2) is 12.3. The summed E-state index contributed by atoms with van der Waals surface area (Å²) in [6, 6.07) is 15.1. The van der Waals surface area contributed by atoms with Crippen molar-refractivity contribution in [2.24, 2.45) is 0 Å². The second-order valence-electron chi connectivity index (χ2n) is 7.41. The summed E-state index contributed by atoms with van der Waals surface area (Å²) in [5, 5.41) is 2.63. The van der Waals surface area contributed by atoms with Crippen LogP contribution in [0.3, 0.4) is 0 Å². The number of anilines is 1. The predicted molar refractivity (Wildman–Crippen MR) is 130 cm³/mol. The van der Waals surface area contributed by atoms with Crippen LogP contribution < -0.4 is 25.0 Å². The van der Waals surface area contributed by atoms with Crippen LogP contribution in [-0.2, 0) is 16.1 Å². The fourth-order valence-corrected chi connectivity index (χ4v) is 3.31. The first-order valence-corrected chi connectivity index (χ1v) is 11.1. The van der Waals surface area contributed by atoms with E-state index < -0.39 is 18.5 Å². The average molecular weight is 481 g/mol. The van der Waals surface area contributed by atoms with Crippen molar-refractivity contribution in [2.75, 3.05) is 32.2 Å². The fourth-order valence-electron chi connectivity index (χ4n) is 3.31. The van der Waals surface area contributed by atoms with Gasteiger partial charge in [0.2, 0.25) is 5.43 Å². The van der Waals surface area contributed by atoms with Gasteiger partial charge in [0, 0.05) is 12.3 Å². The van der Waals surface area contributed by atoms with Crippen LogP contribution in [0.5, 0.6) is 17.2 Å². The molecule has 0 saturated carbocycles. The zero-order chi connectivity index (χ0) is 25.2. The molecule has 0 fully saturated rings. The number of ether oxygens (including phenoxy) is 4. The van der Waals surface area contributed by atoms with Gasteiger partial charge in [-0.2, -0.15) is 0 Å². The van der Waals surface area contributed by atoms with Crippen molar-refractivity contribution in [3.63, 3.8) is 0 Å². The summed E-state index contributed by atoms with van der Waals surface area (Å²) in [6.07, 6.45) is 1.65. The number of rotatable bonds is 11. The molecule has 9 nitrogen and oxygen atoms in total. The number of nitrogens with zero attached hydrogens (tertiary/aromatic N) is 1. The van der Waals surface area contributed by atoms with E-state index in [1.807, 2.05) is 28.8 Å². The van der Waals surface area contributed by atoms with Crippen LogP contribution in [0.2, 0.25) is 0 Å². The van der Waals surface area contributed by atoms with Gasteiger partial charge < -0.3 is 28.8 Å². The summed E-state index contributed by atoms with van der Waals surface area (Å²) in [5.41, 5.74) is 0.764. The molecule has 0 radical (unpaired) electrons. The van der Waals surface area contributed by atoms with Gasteiger partial charge in [-0.3, -0.25) is 9.59 Å². The molecule has 1 N–H and O–H groups in total. The van der Waals surface area contributed by atoms with Gasteiger partial charge in [0.15, 0.2) is 12.4 Å². The van der Waals surface area contributed by atoms with Crippen LogP contribution in [0.1, 0.15) is 23.0 Å². The lowest BCUT2D eigenvalue weighted by molar-refractivity contribution is -0.118. The smallest absolute Gasteiger partial charge is 0.340 e. The SMILES string of the molecule is CCOC(=O)c1ccccc1NC(=O)COc1c(C)n(CCOc2ccc(OC)cc2)ccc1=O. The number of hydrogen-bond donors (Lipinski definition) is 1. The molecule has 1 amide bonds. The Hall–Kier alpha value is -4.27. The standard InChI is InChI=1S/C26H28N2O7/c1-4-33-26(31)21-7-5-6-8-22(21)27-24(30)17-35-25-18(2)28(14-13-23(25)29)15-16-34-20-11-9-19(32-3)10-12-20/h5-14H,4,15-17H2,1-3H3,(H,27,30). The van der Waals surface area contributed by atoms with E-state index >= 15 is 0 Å². The predicted octanol–water partition coefficient (Wildman–Crippen LogP) is 3.44. The minimum absolute atomic E-state index is 0.0748. The molecular formula is C26H28N2O7. The number of nitrogens with one attached hydrogen (secondary N) is 1. The molecule has 9 heteroatoms. The number of carbonyl (C=O) groups is 2. The fraction of sp³-hybridized carbons (Fsp3) is 0.269. The highest BCUT2D eigenvalue weighted by Crippen LogP contribution is 2.18. The third-order valence-electron chi connectivity index (χ3n) is 5.09. The zero-order valence-corrected chi connectivity index (χ0v) is 19.9. The lowest BCUT2D eigenvalue weighted by atomic mass is 10.2. The van der Waals surface area contributed by atoms with Crippen LogP contribution in [-0.4, -0.2) is 43.4 Å². The maximum Gasteiger partial charge on any atom is 0.340 e. The molecule has 0 aliphatic rings. The average Bonchev–Trinajstić information content (AvgIpc) is 2.86. The third kappa shape index (κ3) is 6.86. The Morgan fingerprint density at radius 3 is 2.40 bits per heavy atom. The summed E-state index contributed by atoms with van der Waals surface area (Å²) < 4.78 is 23.3. The molecule has 1 heterocycles. The van der Waals surface area contributed by atoms with Crippen LogP contribution in [0, 0.1) is 6.92 Å². The minimum Gasteiger partial charge on any atom is -0.497 e. The van der Waals surface area contributed by atoms with Crippen LogP contribution in [0.15, 0.2) is 65.6 Å². The van der Waals surface area contributed by atoms with Gasteiger partial charge >= 0.3 is 5.97 Å². The van der Waals surface area contributed by atoms with Crippen molar-refractivity contribution in [1.82, 2.24) is 4.57 Å². The number of amides is 1. The first-order valence-electron chi connectivity index (χ1n) is 11.1.